The average Bonchev–Trinajstić information content (AvgIpc) is 2.93. The van der Waals surface area contributed by atoms with Gasteiger partial charge in [-0.05, 0) is 26.0 Å². The first kappa shape index (κ1) is 16.9. The van der Waals surface area contributed by atoms with Gasteiger partial charge in [0, 0.05) is 18.1 Å². The lowest BCUT2D eigenvalue weighted by Gasteiger charge is -2.14. The molecule has 7 nitrogen and oxygen atoms in total. The third kappa shape index (κ3) is 4.02. The Bertz CT molecular complexity index is 775. The summed E-state index contributed by atoms with van der Waals surface area (Å²) in [6.45, 7) is 7.36. The summed E-state index contributed by atoms with van der Waals surface area (Å²) in [5, 5.41) is 22.8. The first-order chi connectivity index (χ1) is 11.1. The second-order valence-electron chi connectivity index (χ2n) is 5.23. The minimum absolute atomic E-state index is 0.212. The first-order valence-electron chi connectivity index (χ1n) is 7.24. The fourth-order valence-corrected chi connectivity index (χ4v) is 2.02. The zero-order chi connectivity index (χ0) is 16.8. The molecule has 0 amide bonds. The van der Waals surface area contributed by atoms with Gasteiger partial charge in [0.15, 0.2) is 5.82 Å². The molecule has 0 aliphatic heterocycles. The molecule has 0 fully saturated rings. The van der Waals surface area contributed by atoms with Crippen LogP contribution in [0.15, 0.2) is 35.8 Å². The summed E-state index contributed by atoms with van der Waals surface area (Å²) in [5.74, 6) is 0.468. The van der Waals surface area contributed by atoms with Crippen molar-refractivity contribution in [2.45, 2.75) is 19.9 Å². The van der Waals surface area contributed by atoms with Crippen LogP contribution >= 0.6 is 0 Å². The number of hydrogen-bond donors (Lipinski definition) is 3. The molecule has 0 aliphatic carbocycles. The molecule has 3 N–H and O–H groups in total. The maximum absolute atomic E-state index is 9.28. The van der Waals surface area contributed by atoms with E-state index in [0.717, 1.165) is 11.4 Å². The van der Waals surface area contributed by atoms with E-state index in [-0.39, 0.29) is 13.2 Å². The Labute approximate surface area is 134 Å². The molecular formula is C16H21N5O2. The van der Waals surface area contributed by atoms with E-state index in [1.54, 1.807) is 18.7 Å². The van der Waals surface area contributed by atoms with Gasteiger partial charge in [-0.25, -0.2) is 9.98 Å². The number of aromatic nitrogens is 3. The molecule has 2 aromatic rings. The largest absolute Gasteiger partial charge is 0.394 e. The van der Waals surface area contributed by atoms with Gasteiger partial charge in [-0.3, -0.25) is 9.55 Å². The number of hydrogen-bond acceptors (Lipinski definition) is 6. The van der Waals surface area contributed by atoms with Crippen LogP contribution in [0.2, 0.25) is 0 Å². The molecule has 0 saturated heterocycles. The molecule has 2 aromatic heterocycles. The normalized spacial score (nSPS) is 12.2. The van der Waals surface area contributed by atoms with Crippen molar-refractivity contribution in [1.82, 2.24) is 19.9 Å². The number of aliphatic hydroxyl groups excluding tert-OH is 2. The zero-order valence-electron chi connectivity index (χ0n) is 13.3. The topological polar surface area (TPSA) is 95.6 Å². The van der Waals surface area contributed by atoms with Gasteiger partial charge in [0.1, 0.15) is 11.7 Å². The van der Waals surface area contributed by atoms with Crippen molar-refractivity contribution in [3.05, 3.63) is 41.6 Å². The van der Waals surface area contributed by atoms with Crippen LogP contribution in [0.1, 0.15) is 13.8 Å². The summed E-state index contributed by atoms with van der Waals surface area (Å²) in [6, 6.07) is 3.19. The lowest BCUT2D eigenvalue weighted by Crippen LogP contribution is -2.40. The number of pyridine rings is 1. The van der Waals surface area contributed by atoms with Crippen LogP contribution in [0.3, 0.4) is 0 Å². The standard InChI is InChI=1S/C16H21N5O2/c1-11(2)19-16(20-13(8-22)9-23)15-12(3)21(10-18-15)14-4-6-17-7-5-14/h4-7,10,13,20,22-23H,3,8-9H2,1-2H3/b16-15-. The number of aliphatic hydroxyl groups is 2. The number of imidazole rings is 1. The second-order valence-corrected chi connectivity index (χ2v) is 5.23. The molecule has 0 unspecified atom stereocenters. The van der Waals surface area contributed by atoms with Crippen LogP contribution in [0.25, 0.3) is 18.1 Å². The van der Waals surface area contributed by atoms with Gasteiger partial charge in [0.05, 0.1) is 30.3 Å². The van der Waals surface area contributed by atoms with Crippen molar-refractivity contribution in [3.63, 3.8) is 0 Å². The molecule has 0 atom stereocenters. The molecule has 23 heavy (non-hydrogen) atoms. The molecule has 7 heteroatoms. The summed E-state index contributed by atoms with van der Waals surface area (Å²) >= 11 is 0. The van der Waals surface area contributed by atoms with Crippen LogP contribution in [0, 0.1) is 0 Å². The van der Waals surface area contributed by atoms with Gasteiger partial charge >= 0.3 is 0 Å². The maximum atomic E-state index is 9.28. The summed E-state index contributed by atoms with van der Waals surface area (Å²) < 4.78 is 1.83. The molecule has 2 heterocycles. The highest BCUT2D eigenvalue weighted by atomic mass is 16.3. The lowest BCUT2D eigenvalue weighted by atomic mass is 10.3. The van der Waals surface area contributed by atoms with Crippen LogP contribution in [-0.4, -0.2) is 49.7 Å². The Morgan fingerprint density at radius 2 is 1.96 bits per heavy atom. The predicted octanol–water partition coefficient (Wildman–Crippen LogP) is -0.833. The minimum atomic E-state index is -0.515. The van der Waals surface area contributed by atoms with Gasteiger partial charge < -0.3 is 15.5 Å². The van der Waals surface area contributed by atoms with E-state index in [4.69, 9.17) is 0 Å². The fraction of sp³-hybridized carbons (Fsp3) is 0.312. The van der Waals surface area contributed by atoms with Gasteiger partial charge in [0.25, 0.3) is 0 Å². The van der Waals surface area contributed by atoms with Gasteiger partial charge in [-0.15, -0.1) is 0 Å². The molecule has 0 radical (unpaired) electrons. The highest BCUT2D eigenvalue weighted by molar-refractivity contribution is 5.82. The Balaban J connectivity index is 2.57. The molecule has 0 spiro atoms. The van der Waals surface area contributed by atoms with Crippen LogP contribution in [0.5, 0.6) is 0 Å². The molecule has 2 rings (SSSR count). The Morgan fingerprint density at radius 1 is 1.30 bits per heavy atom. The van der Waals surface area contributed by atoms with Gasteiger partial charge in [-0.2, -0.15) is 0 Å². The SMILES string of the molecule is C=c1/c(=C(\N=C(C)C)NC(CO)CO)ncn1-c1ccncc1. The third-order valence-corrected chi connectivity index (χ3v) is 3.15. The van der Waals surface area contributed by atoms with Crippen molar-refractivity contribution in [2.75, 3.05) is 13.2 Å². The zero-order valence-corrected chi connectivity index (χ0v) is 13.3. The van der Waals surface area contributed by atoms with E-state index in [2.05, 4.69) is 26.9 Å². The van der Waals surface area contributed by atoms with E-state index >= 15 is 0 Å². The van der Waals surface area contributed by atoms with Crippen LogP contribution in [0.4, 0.5) is 0 Å². The van der Waals surface area contributed by atoms with Gasteiger partial charge in [0.2, 0.25) is 0 Å². The van der Waals surface area contributed by atoms with Crippen molar-refractivity contribution in [2.24, 2.45) is 4.99 Å². The Morgan fingerprint density at radius 3 is 2.52 bits per heavy atom. The summed E-state index contributed by atoms with van der Waals surface area (Å²) in [7, 11) is 0. The van der Waals surface area contributed by atoms with E-state index < -0.39 is 6.04 Å². The van der Waals surface area contributed by atoms with Crippen LogP contribution in [-0.2, 0) is 0 Å². The first-order valence-corrected chi connectivity index (χ1v) is 7.24. The Hall–Kier alpha value is -2.51. The second kappa shape index (κ2) is 7.66. The molecule has 0 saturated carbocycles. The van der Waals surface area contributed by atoms with E-state index in [9.17, 15) is 10.2 Å². The van der Waals surface area contributed by atoms with Crippen molar-refractivity contribution >= 4 is 18.1 Å². The average molecular weight is 315 g/mol. The fourth-order valence-electron chi connectivity index (χ4n) is 2.02. The van der Waals surface area contributed by atoms with Gasteiger partial charge in [-0.1, -0.05) is 6.58 Å². The summed E-state index contributed by atoms with van der Waals surface area (Å²) in [6.07, 6.45) is 5.04. The molecule has 0 aromatic carbocycles. The number of nitrogens with zero attached hydrogens (tertiary/aromatic N) is 4. The molecule has 122 valence electrons. The summed E-state index contributed by atoms with van der Waals surface area (Å²) in [4.78, 5) is 12.8. The quantitative estimate of drug-likeness (QED) is 0.605. The monoisotopic (exact) mass is 315 g/mol. The highest BCUT2D eigenvalue weighted by Gasteiger charge is 2.10. The molecule has 0 bridgehead atoms. The number of rotatable bonds is 6. The Kier molecular flexibility index (Phi) is 5.61. The predicted molar refractivity (Wildman–Crippen MR) is 89.4 cm³/mol. The number of aliphatic imine (C=N–C) groups is 1. The lowest BCUT2D eigenvalue weighted by molar-refractivity contribution is 0.181. The minimum Gasteiger partial charge on any atom is -0.394 e. The molecular weight excluding hydrogens is 294 g/mol. The highest BCUT2D eigenvalue weighted by Crippen LogP contribution is 2.00. The van der Waals surface area contributed by atoms with Crippen LogP contribution < -0.4 is 16.0 Å². The van der Waals surface area contributed by atoms with Crippen molar-refractivity contribution in [1.29, 1.82) is 0 Å². The van der Waals surface area contributed by atoms with E-state index in [1.165, 1.54) is 0 Å². The van der Waals surface area contributed by atoms with E-state index in [0.29, 0.717) is 16.5 Å². The maximum Gasteiger partial charge on any atom is 0.154 e. The molecule has 0 aliphatic rings. The summed E-state index contributed by atoms with van der Waals surface area (Å²) in [5.41, 5.74) is 1.71. The number of nitrogens with one attached hydrogen (secondary N) is 1. The van der Waals surface area contributed by atoms with Crippen molar-refractivity contribution < 1.29 is 10.2 Å². The third-order valence-electron chi connectivity index (χ3n) is 3.15. The smallest absolute Gasteiger partial charge is 0.154 e. The van der Waals surface area contributed by atoms with Crippen molar-refractivity contribution in [3.8, 4) is 5.69 Å². The van der Waals surface area contributed by atoms with E-state index in [1.807, 2.05) is 30.5 Å².